The van der Waals surface area contributed by atoms with E-state index in [0.29, 0.717) is 16.7 Å². The zero-order valence-electron chi connectivity index (χ0n) is 10.9. The molecule has 0 radical (unpaired) electrons. The van der Waals surface area contributed by atoms with Crippen molar-refractivity contribution < 1.29 is 8.42 Å². The van der Waals surface area contributed by atoms with Gasteiger partial charge < -0.3 is 5.73 Å². The SMILES string of the molecule is Cc1cc(CN)cc(S(=O)(=O)Nc2ccccc2)c1Br. The van der Waals surface area contributed by atoms with E-state index in [-0.39, 0.29) is 4.90 Å². The Morgan fingerprint density at radius 3 is 2.45 bits per heavy atom. The van der Waals surface area contributed by atoms with Gasteiger partial charge in [0.1, 0.15) is 4.90 Å². The summed E-state index contributed by atoms with van der Waals surface area (Å²) >= 11 is 3.33. The number of nitrogens with one attached hydrogen (secondary N) is 1. The largest absolute Gasteiger partial charge is 0.326 e. The lowest BCUT2D eigenvalue weighted by Crippen LogP contribution is -2.14. The molecular formula is C14H15BrN2O2S. The Labute approximate surface area is 127 Å². The van der Waals surface area contributed by atoms with Crippen molar-refractivity contribution in [2.45, 2.75) is 18.4 Å². The Hall–Kier alpha value is -1.37. The topological polar surface area (TPSA) is 72.2 Å². The first kappa shape index (κ1) is 15.0. The van der Waals surface area contributed by atoms with Crippen LogP contribution >= 0.6 is 15.9 Å². The van der Waals surface area contributed by atoms with E-state index in [4.69, 9.17) is 5.73 Å². The number of halogens is 1. The summed E-state index contributed by atoms with van der Waals surface area (Å²) in [6.07, 6.45) is 0. The molecule has 0 aliphatic rings. The number of para-hydroxylation sites is 1. The van der Waals surface area contributed by atoms with Gasteiger partial charge in [-0.1, -0.05) is 24.3 Å². The molecule has 0 aromatic heterocycles. The van der Waals surface area contributed by atoms with Gasteiger partial charge in [0.05, 0.1) is 0 Å². The fraction of sp³-hybridized carbons (Fsp3) is 0.143. The van der Waals surface area contributed by atoms with Crippen LogP contribution in [0, 0.1) is 6.92 Å². The molecular weight excluding hydrogens is 340 g/mol. The molecule has 2 rings (SSSR count). The van der Waals surface area contributed by atoms with Gasteiger partial charge in [0.2, 0.25) is 0 Å². The summed E-state index contributed by atoms with van der Waals surface area (Å²) in [6.45, 7) is 2.13. The van der Waals surface area contributed by atoms with E-state index >= 15 is 0 Å². The van der Waals surface area contributed by atoms with Gasteiger partial charge in [0.25, 0.3) is 10.0 Å². The summed E-state index contributed by atoms with van der Waals surface area (Å²) in [5.41, 5.74) is 7.74. The van der Waals surface area contributed by atoms with Crippen molar-refractivity contribution in [2.24, 2.45) is 5.73 Å². The first-order chi connectivity index (χ1) is 9.44. The molecule has 3 N–H and O–H groups in total. The van der Waals surface area contributed by atoms with Crippen molar-refractivity contribution in [3.8, 4) is 0 Å². The monoisotopic (exact) mass is 354 g/mol. The lowest BCUT2D eigenvalue weighted by molar-refractivity contribution is 0.600. The zero-order valence-corrected chi connectivity index (χ0v) is 13.3. The fourth-order valence-electron chi connectivity index (χ4n) is 1.84. The molecule has 0 amide bonds. The molecule has 0 aliphatic carbocycles. The van der Waals surface area contributed by atoms with Crippen LogP contribution in [0.4, 0.5) is 5.69 Å². The normalized spacial score (nSPS) is 11.3. The molecule has 0 unspecified atom stereocenters. The highest BCUT2D eigenvalue weighted by Gasteiger charge is 2.19. The average molecular weight is 355 g/mol. The van der Waals surface area contributed by atoms with Crippen molar-refractivity contribution in [1.82, 2.24) is 0 Å². The molecule has 0 saturated carbocycles. The Balaban J connectivity index is 2.47. The second-order valence-corrected chi connectivity index (χ2v) is 6.84. The highest BCUT2D eigenvalue weighted by atomic mass is 79.9. The molecule has 0 saturated heterocycles. The lowest BCUT2D eigenvalue weighted by atomic mass is 10.1. The maximum Gasteiger partial charge on any atom is 0.263 e. The summed E-state index contributed by atoms with van der Waals surface area (Å²) in [6, 6.07) is 12.2. The van der Waals surface area contributed by atoms with Crippen LogP contribution in [0.25, 0.3) is 0 Å². The summed E-state index contributed by atoms with van der Waals surface area (Å²) < 4.78 is 28.0. The van der Waals surface area contributed by atoms with Gasteiger partial charge in [-0.05, 0) is 52.2 Å². The van der Waals surface area contributed by atoms with Gasteiger partial charge >= 0.3 is 0 Å². The van der Waals surface area contributed by atoms with Gasteiger partial charge in [0, 0.05) is 16.7 Å². The number of nitrogens with two attached hydrogens (primary N) is 1. The van der Waals surface area contributed by atoms with Gasteiger partial charge in [-0.2, -0.15) is 0 Å². The average Bonchev–Trinajstić information content (AvgIpc) is 2.42. The molecule has 4 nitrogen and oxygen atoms in total. The van der Waals surface area contributed by atoms with Crippen LogP contribution in [0.5, 0.6) is 0 Å². The molecule has 20 heavy (non-hydrogen) atoms. The third kappa shape index (κ3) is 3.20. The Bertz CT molecular complexity index is 715. The molecule has 0 aliphatic heterocycles. The summed E-state index contributed by atoms with van der Waals surface area (Å²) in [5, 5.41) is 0. The standard InChI is InChI=1S/C14H15BrN2O2S/c1-10-7-11(9-16)8-13(14(10)15)20(18,19)17-12-5-3-2-4-6-12/h2-8,17H,9,16H2,1H3. The van der Waals surface area contributed by atoms with Crippen molar-refractivity contribution in [3.63, 3.8) is 0 Å². The quantitative estimate of drug-likeness (QED) is 0.886. The third-order valence-electron chi connectivity index (χ3n) is 2.83. The highest BCUT2D eigenvalue weighted by Crippen LogP contribution is 2.28. The minimum Gasteiger partial charge on any atom is -0.326 e. The number of hydrogen-bond donors (Lipinski definition) is 2. The molecule has 2 aromatic carbocycles. The molecule has 0 spiro atoms. The van der Waals surface area contributed by atoms with E-state index in [1.54, 1.807) is 30.3 Å². The van der Waals surface area contributed by atoms with E-state index in [0.717, 1.165) is 11.1 Å². The van der Waals surface area contributed by atoms with Crippen LogP contribution in [0.2, 0.25) is 0 Å². The zero-order chi connectivity index (χ0) is 14.8. The predicted octanol–water partition coefficient (Wildman–Crippen LogP) is 3.02. The summed E-state index contributed by atoms with van der Waals surface area (Å²) in [4.78, 5) is 0.196. The van der Waals surface area contributed by atoms with Crippen LogP contribution in [0.1, 0.15) is 11.1 Å². The highest BCUT2D eigenvalue weighted by molar-refractivity contribution is 9.10. The second kappa shape index (κ2) is 5.95. The van der Waals surface area contributed by atoms with Gasteiger partial charge in [-0.3, -0.25) is 4.72 Å². The Morgan fingerprint density at radius 1 is 1.20 bits per heavy atom. The van der Waals surface area contributed by atoms with Gasteiger partial charge in [-0.15, -0.1) is 0 Å². The minimum atomic E-state index is -3.65. The number of benzene rings is 2. The third-order valence-corrected chi connectivity index (χ3v) is 5.55. The first-order valence-corrected chi connectivity index (χ1v) is 8.28. The van der Waals surface area contributed by atoms with Crippen LogP contribution in [0.3, 0.4) is 0 Å². The van der Waals surface area contributed by atoms with Crippen molar-refractivity contribution in [3.05, 3.63) is 58.1 Å². The van der Waals surface area contributed by atoms with E-state index in [1.807, 2.05) is 19.1 Å². The van der Waals surface area contributed by atoms with E-state index in [1.165, 1.54) is 0 Å². The number of hydrogen-bond acceptors (Lipinski definition) is 3. The molecule has 6 heteroatoms. The summed E-state index contributed by atoms with van der Waals surface area (Å²) in [5.74, 6) is 0. The molecule has 0 heterocycles. The lowest BCUT2D eigenvalue weighted by Gasteiger charge is -2.12. The number of rotatable bonds is 4. The number of anilines is 1. The maximum atomic E-state index is 12.5. The van der Waals surface area contributed by atoms with Crippen LogP contribution < -0.4 is 10.5 Å². The maximum absolute atomic E-state index is 12.5. The van der Waals surface area contributed by atoms with Crippen molar-refractivity contribution in [1.29, 1.82) is 0 Å². The summed E-state index contributed by atoms with van der Waals surface area (Å²) in [7, 11) is -3.65. The smallest absolute Gasteiger partial charge is 0.263 e. The minimum absolute atomic E-state index is 0.196. The molecule has 106 valence electrons. The van der Waals surface area contributed by atoms with Crippen molar-refractivity contribution >= 4 is 31.6 Å². The fourth-order valence-corrected chi connectivity index (χ4v) is 3.97. The molecule has 0 fully saturated rings. The predicted molar refractivity (Wildman–Crippen MR) is 84.0 cm³/mol. The second-order valence-electron chi connectivity index (χ2n) is 4.40. The first-order valence-electron chi connectivity index (χ1n) is 6.01. The number of aryl methyl sites for hydroxylation is 1. The van der Waals surface area contributed by atoms with Gasteiger partial charge in [-0.25, -0.2) is 8.42 Å². The molecule has 0 atom stereocenters. The van der Waals surface area contributed by atoms with E-state index < -0.39 is 10.0 Å². The van der Waals surface area contributed by atoms with Crippen LogP contribution in [0.15, 0.2) is 51.8 Å². The number of sulfonamides is 1. The van der Waals surface area contributed by atoms with Gasteiger partial charge in [0.15, 0.2) is 0 Å². The van der Waals surface area contributed by atoms with Crippen LogP contribution in [-0.2, 0) is 16.6 Å². The van der Waals surface area contributed by atoms with Crippen LogP contribution in [-0.4, -0.2) is 8.42 Å². The van der Waals surface area contributed by atoms with Crippen molar-refractivity contribution in [2.75, 3.05) is 4.72 Å². The molecule has 0 bridgehead atoms. The molecule has 2 aromatic rings. The van der Waals surface area contributed by atoms with E-state index in [2.05, 4.69) is 20.7 Å². The van der Waals surface area contributed by atoms with E-state index in [9.17, 15) is 8.42 Å². The Kier molecular flexibility index (Phi) is 4.47. The Morgan fingerprint density at radius 2 is 1.85 bits per heavy atom.